The lowest BCUT2D eigenvalue weighted by Crippen LogP contribution is -2.60. The Balaban J connectivity index is 2.27. The molecule has 0 spiro atoms. The Bertz CT molecular complexity index is 1530. The number of hydrogen-bond acceptors (Lipinski definition) is 9. The second-order valence-corrected chi connectivity index (χ2v) is 15.0. The predicted molar refractivity (Wildman–Crippen MR) is 216 cm³/mol. The standard InChI is InChI=1S/C41H64N8O7/c1-26(2)23-33(38(52)45-31(19-11-13-21-42)37(51)46-32(41(55)56)20-12-14-22-43)48-40(54)35(27(3)4)49-39(53)34(25-29-17-9-6-10-18-29)47-36(50)30(44)24-28-15-7-5-8-16-28/h5-10,15-18,26-27,30-35H,11-14,19-25,42-44H2,1-4H3,(H,45,52)(H,46,51)(H,47,50)(H,48,54)(H,49,53)(H,55,56)/t30-,31-,32-,33-,34-,35-/m1/s1. The first-order valence-corrected chi connectivity index (χ1v) is 19.6. The highest BCUT2D eigenvalue weighted by Gasteiger charge is 2.34. The van der Waals surface area contributed by atoms with Gasteiger partial charge in [0, 0.05) is 6.42 Å². The molecule has 2 aromatic rings. The van der Waals surface area contributed by atoms with Crippen LogP contribution in [-0.4, -0.2) is 90.0 Å². The normalized spacial score (nSPS) is 14.4. The van der Waals surface area contributed by atoms with E-state index in [0.717, 1.165) is 11.1 Å². The number of carboxylic acids is 1. The summed E-state index contributed by atoms with van der Waals surface area (Å²) < 4.78 is 0. The molecule has 56 heavy (non-hydrogen) atoms. The number of carbonyl (C=O) groups excluding carboxylic acids is 5. The Labute approximate surface area is 331 Å². The molecule has 12 N–H and O–H groups in total. The van der Waals surface area contributed by atoms with Gasteiger partial charge in [-0.25, -0.2) is 4.79 Å². The summed E-state index contributed by atoms with van der Waals surface area (Å²) in [5.74, 6) is -4.75. The monoisotopic (exact) mass is 780 g/mol. The quantitative estimate of drug-likeness (QED) is 0.0618. The van der Waals surface area contributed by atoms with Gasteiger partial charge in [0.25, 0.3) is 0 Å². The number of hydrogen-bond donors (Lipinski definition) is 9. The Morgan fingerprint density at radius 1 is 0.554 bits per heavy atom. The van der Waals surface area contributed by atoms with Crippen molar-refractivity contribution in [2.24, 2.45) is 29.0 Å². The van der Waals surface area contributed by atoms with E-state index in [1.165, 1.54) is 0 Å². The van der Waals surface area contributed by atoms with Gasteiger partial charge in [-0.3, -0.25) is 24.0 Å². The maximum atomic E-state index is 13.9. The molecule has 0 saturated carbocycles. The summed E-state index contributed by atoms with van der Waals surface area (Å²) in [6, 6.07) is 11.9. The lowest BCUT2D eigenvalue weighted by Gasteiger charge is -2.29. The van der Waals surface area contributed by atoms with Crippen molar-refractivity contribution in [3.8, 4) is 0 Å². The first-order chi connectivity index (χ1) is 26.7. The van der Waals surface area contributed by atoms with E-state index in [-0.39, 0.29) is 38.0 Å². The van der Waals surface area contributed by atoms with Gasteiger partial charge in [0.1, 0.15) is 30.2 Å². The molecule has 0 aromatic heterocycles. The minimum absolute atomic E-state index is 0.0628. The van der Waals surface area contributed by atoms with Crippen molar-refractivity contribution in [3.63, 3.8) is 0 Å². The van der Waals surface area contributed by atoms with Crippen LogP contribution >= 0.6 is 0 Å². The van der Waals surface area contributed by atoms with Crippen LogP contribution in [0.3, 0.4) is 0 Å². The first kappa shape index (κ1) is 47.3. The van der Waals surface area contributed by atoms with Gasteiger partial charge in [-0.05, 0) is 87.4 Å². The molecule has 2 aromatic carbocycles. The minimum Gasteiger partial charge on any atom is -0.480 e. The third-order valence-corrected chi connectivity index (χ3v) is 9.28. The summed E-state index contributed by atoms with van der Waals surface area (Å²) in [5.41, 5.74) is 19.1. The maximum Gasteiger partial charge on any atom is 0.326 e. The van der Waals surface area contributed by atoms with Crippen molar-refractivity contribution < 1.29 is 33.9 Å². The number of nitrogens with one attached hydrogen (secondary N) is 5. The molecule has 15 nitrogen and oxygen atoms in total. The van der Waals surface area contributed by atoms with E-state index >= 15 is 0 Å². The highest BCUT2D eigenvalue weighted by atomic mass is 16.4. The smallest absolute Gasteiger partial charge is 0.326 e. The number of amides is 5. The summed E-state index contributed by atoms with van der Waals surface area (Å²) in [6.45, 7) is 7.98. The van der Waals surface area contributed by atoms with Crippen molar-refractivity contribution >= 4 is 35.5 Å². The summed E-state index contributed by atoms with van der Waals surface area (Å²) >= 11 is 0. The van der Waals surface area contributed by atoms with E-state index in [2.05, 4.69) is 26.6 Å². The molecule has 0 aliphatic carbocycles. The largest absolute Gasteiger partial charge is 0.480 e. The van der Waals surface area contributed by atoms with Crippen molar-refractivity contribution in [3.05, 3.63) is 71.8 Å². The van der Waals surface area contributed by atoms with Gasteiger partial charge in [0.05, 0.1) is 6.04 Å². The maximum absolute atomic E-state index is 13.9. The summed E-state index contributed by atoms with van der Waals surface area (Å²) in [7, 11) is 0. The number of aliphatic carboxylic acids is 1. The molecule has 0 aliphatic rings. The average molecular weight is 781 g/mol. The molecular weight excluding hydrogens is 716 g/mol. The van der Waals surface area contributed by atoms with E-state index in [1.807, 2.05) is 74.5 Å². The molecular formula is C41H64N8O7. The van der Waals surface area contributed by atoms with Gasteiger partial charge >= 0.3 is 5.97 Å². The van der Waals surface area contributed by atoms with E-state index < -0.39 is 77.7 Å². The Morgan fingerprint density at radius 2 is 1.00 bits per heavy atom. The zero-order valence-electron chi connectivity index (χ0n) is 33.3. The van der Waals surface area contributed by atoms with Crippen molar-refractivity contribution in [2.45, 2.75) is 122 Å². The van der Waals surface area contributed by atoms with E-state index in [4.69, 9.17) is 17.2 Å². The molecule has 0 heterocycles. The van der Waals surface area contributed by atoms with Crippen LogP contribution in [0.1, 0.15) is 83.8 Å². The molecule has 0 radical (unpaired) electrons. The number of carbonyl (C=O) groups is 6. The molecule has 6 atom stereocenters. The number of carboxylic acid groups (broad SMARTS) is 1. The molecule has 0 aliphatic heterocycles. The van der Waals surface area contributed by atoms with E-state index in [0.29, 0.717) is 38.8 Å². The number of benzene rings is 2. The Morgan fingerprint density at radius 3 is 1.50 bits per heavy atom. The van der Waals surface area contributed by atoms with Gasteiger partial charge < -0.3 is 48.9 Å². The summed E-state index contributed by atoms with van der Waals surface area (Å²) in [5, 5.41) is 23.4. The van der Waals surface area contributed by atoms with Crippen LogP contribution in [0.4, 0.5) is 0 Å². The second-order valence-electron chi connectivity index (χ2n) is 15.0. The minimum atomic E-state index is -1.20. The Hall–Kier alpha value is -4.86. The summed E-state index contributed by atoms with van der Waals surface area (Å²) in [6.07, 6.45) is 3.11. The summed E-state index contributed by atoms with van der Waals surface area (Å²) in [4.78, 5) is 80.3. The van der Waals surface area contributed by atoms with Crippen LogP contribution in [-0.2, 0) is 41.6 Å². The van der Waals surface area contributed by atoms with Gasteiger partial charge in [-0.15, -0.1) is 0 Å². The third-order valence-electron chi connectivity index (χ3n) is 9.28. The van der Waals surface area contributed by atoms with E-state index in [1.54, 1.807) is 13.8 Å². The fraction of sp³-hybridized carbons (Fsp3) is 0.561. The van der Waals surface area contributed by atoms with Gasteiger partial charge in [0.2, 0.25) is 29.5 Å². The second kappa shape index (κ2) is 25.3. The predicted octanol–water partition coefficient (Wildman–Crippen LogP) is 1.27. The van der Waals surface area contributed by atoms with Crippen molar-refractivity contribution in [1.82, 2.24) is 26.6 Å². The molecule has 0 bridgehead atoms. The van der Waals surface area contributed by atoms with Gasteiger partial charge in [-0.1, -0.05) is 88.4 Å². The SMILES string of the molecule is CC(C)C[C@@H](NC(=O)[C@H](NC(=O)[C@@H](Cc1ccccc1)NC(=O)[C@H](N)Cc1ccccc1)C(C)C)C(=O)N[C@H](CCCCN)C(=O)N[C@H](CCCCN)C(=O)O. The average Bonchev–Trinajstić information content (AvgIpc) is 3.15. The molecule has 0 unspecified atom stereocenters. The van der Waals surface area contributed by atoms with Gasteiger partial charge in [0.15, 0.2) is 0 Å². The number of nitrogens with two attached hydrogens (primary N) is 3. The first-order valence-electron chi connectivity index (χ1n) is 19.6. The molecule has 2 rings (SSSR count). The van der Waals surface area contributed by atoms with Gasteiger partial charge in [-0.2, -0.15) is 0 Å². The molecule has 0 saturated heterocycles. The zero-order valence-corrected chi connectivity index (χ0v) is 33.3. The van der Waals surface area contributed by atoms with Crippen LogP contribution < -0.4 is 43.8 Å². The fourth-order valence-corrected chi connectivity index (χ4v) is 6.11. The van der Waals surface area contributed by atoms with Crippen LogP contribution in [0.2, 0.25) is 0 Å². The molecule has 15 heteroatoms. The van der Waals surface area contributed by atoms with Crippen molar-refractivity contribution in [1.29, 1.82) is 0 Å². The fourth-order valence-electron chi connectivity index (χ4n) is 6.11. The van der Waals surface area contributed by atoms with Crippen LogP contribution in [0.15, 0.2) is 60.7 Å². The van der Waals surface area contributed by atoms with Crippen LogP contribution in [0.5, 0.6) is 0 Å². The van der Waals surface area contributed by atoms with E-state index in [9.17, 15) is 33.9 Å². The topological polar surface area (TPSA) is 261 Å². The zero-order chi connectivity index (χ0) is 41.6. The highest BCUT2D eigenvalue weighted by Crippen LogP contribution is 2.12. The molecule has 310 valence electrons. The lowest BCUT2D eigenvalue weighted by atomic mass is 9.98. The molecule has 0 fully saturated rings. The highest BCUT2D eigenvalue weighted by molar-refractivity contribution is 5.96. The lowest BCUT2D eigenvalue weighted by molar-refractivity contribution is -0.142. The number of rotatable bonds is 26. The van der Waals surface area contributed by atoms with Crippen LogP contribution in [0, 0.1) is 11.8 Å². The number of unbranched alkanes of at least 4 members (excludes halogenated alkanes) is 2. The third kappa shape index (κ3) is 17.3. The Kier molecular flexibility index (Phi) is 21.4. The van der Waals surface area contributed by atoms with Crippen LogP contribution in [0.25, 0.3) is 0 Å². The van der Waals surface area contributed by atoms with Crippen molar-refractivity contribution in [2.75, 3.05) is 13.1 Å². The molecule has 5 amide bonds.